The molecule has 0 fully saturated rings. The first kappa shape index (κ1) is 14.4. The van der Waals surface area contributed by atoms with Gasteiger partial charge in [-0.25, -0.2) is 4.68 Å². The van der Waals surface area contributed by atoms with Crippen molar-refractivity contribution in [1.29, 1.82) is 0 Å². The summed E-state index contributed by atoms with van der Waals surface area (Å²) in [6, 6.07) is 18.0. The summed E-state index contributed by atoms with van der Waals surface area (Å²) in [5.74, 6) is 0.240. The smallest absolute Gasteiger partial charge is 0.218 e. The summed E-state index contributed by atoms with van der Waals surface area (Å²) in [6.07, 6.45) is 1.77. The van der Waals surface area contributed by atoms with Crippen molar-refractivity contribution in [2.75, 3.05) is 0 Å². The number of hydrogen-bond acceptors (Lipinski definition) is 2. The molecular formula is C19H20N2O. The quantitative estimate of drug-likeness (QED) is 0.768. The largest absolute Gasteiger partial charge is 0.493 e. The van der Waals surface area contributed by atoms with E-state index in [2.05, 4.69) is 12.0 Å². The number of aromatic nitrogens is 2. The van der Waals surface area contributed by atoms with E-state index < -0.39 is 0 Å². The summed E-state index contributed by atoms with van der Waals surface area (Å²) < 4.78 is 1.63. The van der Waals surface area contributed by atoms with Crippen molar-refractivity contribution in [3.8, 4) is 22.8 Å². The molecule has 3 rings (SSSR count). The Morgan fingerprint density at radius 2 is 1.68 bits per heavy atom. The average Bonchev–Trinajstić information content (AvgIpc) is 2.87. The lowest BCUT2D eigenvalue weighted by Crippen LogP contribution is -1.96. The van der Waals surface area contributed by atoms with E-state index in [9.17, 15) is 5.11 Å². The van der Waals surface area contributed by atoms with Crippen LogP contribution < -0.4 is 0 Å². The number of aromatic hydroxyl groups is 1. The van der Waals surface area contributed by atoms with Gasteiger partial charge in [0.25, 0.3) is 0 Å². The maximum absolute atomic E-state index is 10.6. The second kappa shape index (κ2) is 6.06. The second-order valence-corrected chi connectivity index (χ2v) is 5.51. The first-order valence-electron chi connectivity index (χ1n) is 7.64. The summed E-state index contributed by atoms with van der Waals surface area (Å²) >= 11 is 0. The van der Waals surface area contributed by atoms with Crippen molar-refractivity contribution >= 4 is 0 Å². The normalized spacial score (nSPS) is 10.8. The second-order valence-electron chi connectivity index (χ2n) is 5.51. The van der Waals surface area contributed by atoms with Gasteiger partial charge in [0, 0.05) is 11.1 Å². The lowest BCUT2D eigenvalue weighted by molar-refractivity contribution is 0.427. The van der Waals surface area contributed by atoms with Crippen LogP contribution in [0.15, 0.2) is 54.6 Å². The number of aryl methyl sites for hydroxylation is 1. The van der Waals surface area contributed by atoms with E-state index in [0.717, 1.165) is 35.3 Å². The Hall–Kier alpha value is -2.55. The SMILES string of the molecule is CCCc1c(-c2ccccc2)nn(-c2ccc(C)cc2)c1O. The molecule has 0 atom stereocenters. The molecule has 3 heteroatoms. The van der Waals surface area contributed by atoms with Gasteiger partial charge in [-0.05, 0) is 25.5 Å². The third kappa shape index (κ3) is 2.62. The average molecular weight is 292 g/mol. The van der Waals surface area contributed by atoms with Crippen molar-refractivity contribution in [3.05, 3.63) is 65.7 Å². The fraction of sp³-hybridized carbons (Fsp3) is 0.211. The minimum absolute atomic E-state index is 0.240. The predicted octanol–water partition coefficient (Wildman–Crippen LogP) is 4.51. The molecule has 0 amide bonds. The van der Waals surface area contributed by atoms with Gasteiger partial charge < -0.3 is 5.11 Å². The fourth-order valence-corrected chi connectivity index (χ4v) is 2.62. The Bertz CT molecular complexity index is 758. The van der Waals surface area contributed by atoms with Crippen molar-refractivity contribution in [3.63, 3.8) is 0 Å². The van der Waals surface area contributed by atoms with E-state index >= 15 is 0 Å². The Labute approximate surface area is 130 Å². The van der Waals surface area contributed by atoms with Gasteiger partial charge in [-0.2, -0.15) is 5.10 Å². The zero-order chi connectivity index (χ0) is 15.5. The van der Waals surface area contributed by atoms with Crippen LogP contribution in [0.2, 0.25) is 0 Å². The lowest BCUT2D eigenvalue weighted by Gasteiger charge is -2.04. The van der Waals surface area contributed by atoms with Gasteiger partial charge in [-0.3, -0.25) is 0 Å². The van der Waals surface area contributed by atoms with Crippen molar-refractivity contribution in [2.24, 2.45) is 0 Å². The van der Waals surface area contributed by atoms with Crippen molar-refractivity contribution in [2.45, 2.75) is 26.7 Å². The summed E-state index contributed by atoms with van der Waals surface area (Å²) in [7, 11) is 0. The van der Waals surface area contributed by atoms with Crippen LogP contribution in [0, 0.1) is 6.92 Å². The minimum Gasteiger partial charge on any atom is -0.493 e. The van der Waals surface area contributed by atoms with Crippen LogP contribution in [0.1, 0.15) is 24.5 Å². The maximum atomic E-state index is 10.6. The molecule has 0 radical (unpaired) electrons. The Morgan fingerprint density at radius 1 is 1.00 bits per heavy atom. The lowest BCUT2D eigenvalue weighted by atomic mass is 10.0. The molecule has 0 saturated heterocycles. The first-order chi connectivity index (χ1) is 10.7. The highest BCUT2D eigenvalue weighted by molar-refractivity contribution is 5.66. The molecular weight excluding hydrogens is 272 g/mol. The molecule has 112 valence electrons. The Morgan fingerprint density at radius 3 is 2.32 bits per heavy atom. The third-order valence-electron chi connectivity index (χ3n) is 3.78. The number of hydrogen-bond donors (Lipinski definition) is 1. The van der Waals surface area contributed by atoms with Gasteiger partial charge in [0.2, 0.25) is 5.88 Å². The van der Waals surface area contributed by atoms with E-state index in [0.29, 0.717) is 0 Å². The molecule has 22 heavy (non-hydrogen) atoms. The standard InChI is InChI=1S/C19H20N2O/c1-3-7-17-18(15-8-5-4-6-9-15)20-21(19(17)22)16-12-10-14(2)11-13-16/h4-6,8-13,22H,3,7H2,1-2H3. The topological polar surface area (TPSA) is 38.0 Å². The van der Waals surface area contributed by atoms with Crippen LogP contribution in [0.3, 0.4) is 0 Å². The zero-order valence-electron chi connectivity index (χ0n) is 13.0. The van der Waals surface area contributed by atoms with E-state index in [1.165, 1.54) is 5.56 Å². The van der Waals surface area contributed by atoms with Gasteiger partial charge in [-0.15, -0.1) is 0 Å². The highest BCUT2D eigenvalue weighted by Crippen LogP contribution is 2.32. The Balaban J connectivity index is 2.15. The molecule has 3 nitrogen and oxygen atoms in total. The van der Waals surface area contributed by atoms with Gasteiger partial charge in [0.1, 0.15) is 0 Å². The van der Waals surface area contributed by atoms with Crippen molar-refractivity contribution < 1.29 is 5.11 Å². The summed E-state index contributed by atoms with van der Waals surface area (Å²) in [4.78, 5) is 0. The Kier molecular flexibility index (Phi) is 3.96. The number of rotatable bonds is 4. The van der Waals surface area contributed by atoms with Crippen LogP contribution in [-0.2, 0) is 6.42 Å². The molecule has 0 aliphatic heterocycles. The monoisotopic (exact) mass is 292 g/mol. The molecule has 0 unspecified atom stereocenters. The molecule has 0 aliphatic rings. The molecule has 2 aromatic carbocycles. The fourth-order valence-electron chi connectivity index (χ4n) is 2.62. The molecule has 3 aromatic rings. The molecule has 0 bridgehead atoms. The molecule has 0 saturated carbocycles. The van der Waals surface area contributed by atoms with Crippen molar-refractivity contribution in [1.82, 2.24) is 9.78 Å². The molecule has 0 aliphatic carbocycles. The van der Waals surface area contributed by atoms with Gasteiger partial charge in [0.15, 0.2) is 0 Å². The molecule has 1 aromatic heterocycles. The van der Waals surface area contributed by atoms with Crippen LogP contribution in [0.4, 0.5) is 0 Å². The van der Waals surface area contributed by atoms with Gasteiger partial charge in [-0.1, -0.05) is 61.4 Å². The summed E-state index contributed by atoms with van der Waals surface area (Å²) in [6.45, 7) is 4.15. The van der Waals surface area contributed by atoms with E-state index in [-0.39, 0.29) is 5.88 Å². The number of benzene rings is 2. The summed E-state index contributed by atoms with van der Waals surface area (Å²) in [5.41, 5.74) is 4.87. The maximum Gasteiger partial charge on any atom is 0.218 e. The van der Waals surface area contributed by atoms with Crippen LogP contribution in [0.5, 0.6) is 5.88 Å². The van der Waals surface area contributed by atoms with E-state index in [1.54, 1.807) is 4.68 Å². The predicted molar refractivity (Wildman–Crippen MR) is 89.4 cm³/mol. The molecule has 0 spiro atoms. The van der Waals surface area contributed by atoms with Crippen LogP contribution in [0.25, 0.3) is 16.9 Å². The first-order valence-corrected chi connectivity index (χ1v) is 7.64. The molecule has 1 N–H and O–H groups in total. The number of nitrogens with zero attached hydrogens (tertiary/aromatic N) is 2. The minimum atomic E-state index is 0.240. The highest BCUT2D eigenvalue weighted by Gasteiger charge is 2.18. The van der Waals surface area contributed by atoms with Gasteiger partial charge >= 0.3 is 0 Å². The van der Waals surface area contributed by atoms with Gasteiger partial charge in [0.05, 0.1) is 11.4 Å². The van der Waals surface area contributed by atoms with E-state index in [1.807, 2.05) is 61.5 Å². The summed E-state index contributed by atoms with van der Waals surface area (Å²) in [5, 5.41) is 15.3. The van der Waals surface area contributed by atoms with E-state index in [4.69, 9.17) is 0 Å². The van der Waals surface area contributed by atoms with Crippen LogP contribution >= 0.6 is 0 Å². The molecule has 1 heterocycles. The van der Waals surface area contributed by atoms with Crippen LogP contribution in [-0.4, -0.2) is 14.9 Å². The third-order valence-corrected chi connectivity index (χ3v) is 3.78. The highest BCUT2D eigenvalue weighted by atomic mass is 16.3. The zero-order valence-corrected chi connectivity index (χ0v) is 13.0.